The zero-order valence-electron chi connectivity index (χ0n) is 15.2. The van der Waals surface area contributed by atoms with E-state index in [1.807, 2.05) is 22.6 Å². The molecule has 1 aromatic heterocycles. The molecule has 0 spiro atoms. The van der Waals surface area contributed by atoms with Crippen molar-refractivity contribution in [3.8, 4) is 11.5 Å². The van der Waals surface area contributed by atoms with Crippen LogP contribution in [0, 0.1) is 3.57 Å². The molecule has 0 unspecified atom stereocenters. The summed E-state index contributed by atoms with van der Waals surface area (Å²) >= 11 is 1.99. The number of hydrogen-bond donors (Lipinski definition) is 3. The van der Waals surface area contributed by atoms with Crippen molar-refractivity contribution in [3.63, 3.8) is 0 Å². The summed E-state index contributed by atoms with van der Waals surface area (Å²) < 4.78 is 16.1. The van der Waals surface area contributed by atoms with Gasteiger partial charge in [-0.15, -0.1) is 5.73 Å². The van der Waals surface area contributed by atoms with E-state index in [9.17, 15) is 15.3 Å². The van der Waals surface area contributed by atoms with Crippen LogP contribution in [0.15, 0.2) is 52.3 Å². The lowest BCUT2D eigenvalue weighted by atomic mass is 10.0. The number of benzene rings is 1. The standard InChI is InChI=1S/C20H23IO6/c1-25-12-13(9-17(23)18-7-4-8-27-18)5-3-6-16(22)14-10-15(21)20(24)19(11-14)26-2/h3-4,7-8,10-11,16-17,22-24H,6,9,12H2,1-2H3/t5?,16-,17-/m1/s1. The molecule has 0 aliphatic carbocycles. The van der Waals surface area contributed by atoms with Gasteiger partial charge in [-0.1, -0.05) is 0 Å². The summed E-state index contributed by atoms with van der Waals surface area (Å²) in [5, 5.41) is 30.5. The van der Waals surface area contributed by atoms with E-state index in [0.717, 1.165) is 5.57 Å². The molecule has 6 nitrogen and oxygen atoms in total. The third-order valence-corrected chi connectivity index (χ3v) is 4.75. The van der Waals surface area contributed by atoms with Crippen molar-refractivity contribution in [2.45, 2.75) is 25.0 Å². The van der Waals surface area contributed by atoms with Crippen molar-refractivity contribution >= 4 is 22.6 Å². The van der Waals surface area contributed by atoms with Gasteiger partial charge in [0.05, 0.1) is 29.7 Å². The highest BCUT2D eigenvalue weighted by Crippen LogP contribution is 2.35. The second kappa shape index (κ2) is 10.5. The first-order chi connectivity index (χ1) is 13.0. The minimum atomic E-state index is -0.779. The van der Waals surface area contributed by atoms with Gasteiger partial charge in [0.2, 0.25) is 0 Å². The van der Waals surface area contributed by atoms with Gasteiger partial charge in [-0.25, -0.2) is 0 Å². The quantitative estimate of drug-likeness (QED) is 0.368. The molecular weight excluding hydrogens is 463 g/mol. The van der Waals surface area contributed by atoms with Crippen molar-refractivity contribution in [2.24, 2.45) is 0 Å². The summed E-state index contributed by atoms with van der Waals surface area (Å²) in [6.45, 7) is 0.315. The molecule has 0 saturated heterocycles. The molecule has 0 aliphatic heterocycles. The number of methoxy groups -OCH3 is 2. The van der Waals surface area contributed by atoms with Crippen LogP contribution in [-0.2, 0) is 4.74 Å². The third kappa shape index (κ3) is 6.12. The summed E-state index contributed by atoms with van der Waals surface area (Å²) in [6, 6.07) is 6.74. The lowest BCUT2D eigenvalue weighted by Crippen LogP contribution is -2.02. The van der Waals surface area contributed by atoms with Gasteiger partial charge in [-0.3, -0.25) is 0 Å². The predicted molar refractivity (Wildman–Crippen MR) is 109 cm³/mol. The fourth-order valence-electron chi connectivity index (χ4n) is 2.54. The van der Waals surface area contributed by atoms with Gasteiger partial charge in [0.15, 0.2) is 11.5 Å². The van der Waals surface area contributed by atoms with Crippen LogP contribution in [0.2, 0.25) is 0 Å². The Hall–Kier alpha value is -1.77. The van der Waals surface area contributed by atoms with E-state index in [0.29, 0.717) is 40.1 Å². The van der Waals surface area contributed by atoms with Crippen LogP contribution in [0.3, 0.4) is 0 Å². The Morgan fingerprint density at radius 3 is 2.70 bits per heavy atom. The molecule has 1 heterocycles. The number of aliphatic hydroxyl groups excluding tert-OH is 2. The molecule has 7 heteroatoms. The number of furan rings is 1. The molecule has 2 aromatic rings. The van der Waals surface area contributed by atoms with Crippen molar-refractivity contribution in [2.75, 3.05) is 20.8 Å². The molecule has 0 amide bonds. The van der Waals surface area contributed by atoms with Crippen molar-refractivity contribution in [1.82, 2.24) is 0 Å². The average molecular weight is 486 g/mol. The van der Waals surface area contributed by atoms with Crippen LogP contribution >= 0.6 is 22.6 Å². The molecule has 0 radical (unpaired) electrons. The zero-order chi connectivity index (χ0) is 19.8. The number of halogens is 1. The van der Waals surface area contributed by atoms with Gasteiger partial charge in [0.25, 0.3) is 0 Å². The van der Waals surface area contributed by atoms with Gasteiger partial charge in [0.1, 0.15) is 11.9 Å². The molecule has 0 fully saturated rings. The molecule has 3 N–H and O–H groups in total. The van der Waals surface area contributed by atoms with E-state index in [2.05, 4.69) is 5.73 Å². The van der Waals surface area contributed by atoms with E-state index in [-0.39, 0.29) is 5.75 Å². The molecule has 146 valence electrons. The smallest absolute Gasteiger partial charge is 0.171 e. The second-order valence-electron chi connectivity index (χ2n) is 5.93. The SMILES string of the molecule is COCC(=C=CC[C@@H](O)c1cc(I)c(O)c(OC)c1)C[C@@H](O)c1ccco1. The number of aromatic hydroxyl groups is 1. The summed E-state index contributed by atoms with van der Waals surface area (Å²) in [5.74, 6) is 0.854. The maximum atomic E-state index is 10.4. The number of phenols is 1. The normalized spacial score (nSPS) is 12.9. The Morgan fingerprint density at radius 1 is 1.30 bits per heavy atom. The first kappa shape index (κ1) is 21.5. The van der Waals surface area contributed by atoms with Gasteiger partial charge >= 0.3 is 0 Å². The number of rotatable bonds is 9. The Labute approximate surface area is 171 Å². The maximum absolute atomic E-state index is 10.4. The summed E-state index contributed by atoms with van der Waals surface area (Å²) in [5.41, 5.74) is 4.48. The molecule has 0 saturated carbocycles. The second-order valence-corrected chi connectivity index (χ2v) is 7.09. The van der Waals surface area contributed by atoms with Gasteiger partial charge in [-0.2, -0.15) is 0 Å². The molecule has 27 heavy (non-hydrogen) atoms. The van der Waals surface area contributed by atoms with E-state index in [4.69, 9.17) is 13.9 Å². The van der Waals surface area contributed by atoms with Crippen molar-refractivity contribution < 1.29 is 29.2 Å². The van der Waals surface area contributed by atoms with Crippen LogP contribution in [-0.4, -0.2) is 36.1 Å². The van der Waals surface area contributed by atoms with Crippen LogP contribution in [0.1, 0.15) is 36.4 Å². The van der Waals surface area contributed by atoms with Crippen LogP contribution < -0.4 is 4.74 Å². The number of ether oxygens (including phenoxy) is 2. The minimum absolute atomic E-state index is 0.0544. The monoisotopic (exact) mass is 486 g/mol. The molecule has 2 atom stereocenters. The highest BCUT2D eigenvalue weighted by atomic mass is 127. The average Bonchev–Trinajstić information content (AvgIpc) is 3.18. The molecule has 1 aromatic carbocycles. The van der Waals surface area contributed by atoms with E-state index >= 15 is 0 Å². The highest BCUT2D eigenvalue weighted by molar-refractivity contribution is 14.1. The fraction of sp³-hybridized carbons (Fsp3) is 0.350. The largest absolute Gasteiger partial charge is 0.504 e. The first-order valence-corrected chi connectivity index (χ1v) is 9.41. The zero-order valence-corrected chi connectivity index (χ0v) is 17.3. The lowest BCUT2D eigenvalue weighted by Gasteiger charge is -2.12. The number of hydrogen-bond acceptors (Lipinski definition) is 6. The number of aliphatic hydroxyl groups is 2. The van der Waals surface area contributed by atoms with Gasteiger partial charge < -0.3 is 29.2 Å². The van der Waals surface area contributed by atoms with E-state index in [1.165, 1.54) is 13.4 Å². The summed E-state index contributed by atoms with van der Waals surface area (Å²) in [7, 11) is 3.03. The summed E-state index contributed by atoms with van der Waals surface area (Å²) in [6.07, 6.45) is 2.29. The van der Waals surface area contributed by atoms with Crippen LogP contribution in [0.25, 0.3) is 0 Å². The predicted octanol–water partition coefficient (Wildman–Crippen LogP) is 3.87. The van der Waals surface area contributed by atoms with Gasteiger partial charge in [0, 0.05) is 25.5 Å². The Kier molecular flexibility index (Phi) is 8.40. The topological polar surface area (TPSA) is 92.3 Å². The summed E-state index contributed by atoms with van der Waals surface area (Å²) in [4.78, 5) is 0. The Balaban J connectivity index is 2.10. The van der Waals surface area contributed by atoms with Crippen LogP contribution in [0.4, 0.5) is 0 Å². The Bertz CT molecular complexity index is 793. The van der Waals surface area contributed by atoms with E-state index in [1.54, 1.807) is 37.5 Å². The Morgan fingerprint density at radius 2 is 2.07 bits per heavy atom. The maximum Gasteiger partial charge on any atom is 0.171 e. The fourth-order valence-corrected chi connectivity index (χ4v) is 3.17. The van der Waals surface area contributed by atoms with Crippen LogP contribution in [0.5, 0.6) is 11.5 Å². The highest BCUT2D eigenvalue weighted by Gasteiger charge is 2.14. The third-order valence-electron chi connectivity index (χ3n) is 3.93. The molecule has 0 bridgehead atoms. The van der Waals surface area contributed by atoms with Crippen molar-refractivity contribution in [3.05, 3.63) is 62.8 Å². The first-order valence-electron chi connectivity index (χ1n) is 8.34. The molecular formula is C20H23IO6. The molecule has 0 aliphatic rings. The minimum Gasteiger partial charge on any atom is -0.504 e. The molecule has 2 rings (SSSR count). The van der Waals surface area contributed by atoms with E-state index < -0.39 is 12.2 Å². The van der Waals surface area contributed by atoms with Crippen molar-refractivity contribution in [1.29, 1.82) is 0 Å². The lowest BCUT2D eigenvalue weighted by molar-refractivity contribution is 0.141. The van der Waals surface area contributed by atoms with Gasteiger partial charge in [-0.05, 0) is 58.5 Å². The number of phenolic OH excluding ortho intramolecular Hbond substituents is 1.